The van der Waals surface area contributed by atoms with Gasteiger partial charge in [0.25, 0.3) is 0 Å². The van der Waals surface area contributed by atoms with E-state index < -0.39 is 0 Å². The van der Waals surface area contributed by atoms with E-state index in [9.17, 15) is 0 Å². The summed E-state index contributed by atoms with van der Waals surface area (Å²) >= 11 is 1.76. The van der Waals surface area contributed by atoms with Crippen molar-refractivity contribution in [1.29, 1.82) is 0 Å². The van der Waals surface area contributed by atoms with Crippen LogP contribution in [0.1, 0.15) is 22.4 Å². The summed E-state index contributed by atoms with van der Waals surface area (Å²) < 4.78 is 0. The molecule has 0 spiro atoms. The van der Waals surface area contributed by atoms with Crippen molar-refractivity contribution >= 4 is 11.3 Å². The molecule has 0 bridgehead atoms. The summed E-state index contributed by atoms with van der Waals surface area (Å²) in [4.78, 5) is 0. The van der Waals surface area contributed by atoms with E-state index in [0.717, 1.165) is 18.8 Å². The van der Waals surface area contributed by atoms with Crippen LogP contribution in [0.15, 0.2) is 17.0 Å². The molecule has 2 aromatic heterocycles. The smallest absolute Gasteiger partial charge is 0.0535 e. The molecule has 0 fully saturated rings. The highest BCUT2D eigenvalue weighted by Crippen LogP contribution is 2.13. The van der Waals surface area contributed by atoms with Gasteiger partial charge >= 0.3 is 0 Å². The first-order valence-corrected chi connectivity index (χ1v) is 5.93. The summed E-state index contributed by atoms with van der Waals surface area (Å²) in [5.74, 6) is 0. The molecule has 0 radical (unpaired) electrons. The number of H-pyrrole nitrogens is 1. The lowest BCUT2D eigenvalue weighted by atomic mass is 10.2. The Labute approximate surface area is 93.5 Å². The van der Waals surface area contributed by atoms with E-state index in [1.54, 1.807) is 11.3 Å². The van der Waals surface area contributed by atoms with Gasteiger partial charge in [0.1, 0.15) is 0 Å². The first kappa shape index (κ1) is 10.4. The zero-order valence-electron chi connectivity index (χ0n) is 9.00. The van der Waals surface area contributed by atoms with E-state index in [1.165, 1.54) is 16.7 Å². The first-order valence-electron chi connectivity index (χ1n) is 4.98. The molecule has 0 aliphatic heterocycles. The predicted molar refractivity (Wildman–Crippen MR) is 62.9 cm³/mol. The molecule has 0 aromatic carbocycles. The second-order valence-corrected chi connectivity index (χ2v) is 4.45. The molecule has 0 aliphatic carbocycles. The van der Waals surface area contributed by atoms with Crippen LogP contribution >= 0.6 is 11.3 Å². The third kappa shape index (κ3) is 2.46. The molecule has 2 N–H and O–H groups in total. The standard InChI is InChI=1S/C11H15N3S/c1-8-6-15-7-11(8)4-12-3-10-5-13-14-9(10)2/h5-7,12H,3-4H2,1-2H3,(H,13,14). The highest BCUT2D eigenvalue weighted by Gasteiger charge is 2.01. The molecule has 2 heterocycles. The molecule has 0 unspecified atom stereocenters. The fourth-order valence-electron chi connectivity index (χ4n) is 1.45. The lowest BCUT2D eigenvalue weighted by Crippen LogP contribution is -2.12. The number of aromatic amines is 1. The van der Waals surface area contributed by atoms with Crippen molar-refractivity contribution in [3.8, 4) is 0 Å². The maximum Gasteiger partial charge on any atom is 0.0535 e. The number of thiophene rings is 1. The molecule has 0 atom stereocenters. The summed E-state index contributed by atoms with van der Waals surface area (Å²) in [6.07, 6.45) is 1.88. The Kier molecular flexibility index (Phi) is 3.18. The van der Waals surface area contributed by atoms with Gasteiger partial charge in [-0.15, -0.1) is 0 Å². The Bertz CT molecular complexity index is 390. The van der Waals surface area contributed by atoms with Crippen LogP contribution in [0.2, 0.25) is 0 Å². The highest BCUT2D eigenvalue weighted by atomic mass is 32.1. The SMILES string of the molecule is Cc1cscc1CNCc1cn[nH]c1C. The maximum atomic E-state index is 3.99. The molecule has 2 rings (SSSR count). The van der Waals surface area contributed by atoms with Crippen LogP contribution in [0, 0.1) is 13.8 Å². The monoisotopic (exact) mass is 221 g/mol. The van der Waals surface area contributed by atoms with Crippen LogP contribution in [-0.4, -0.2) is 10.2 Å². The van der Waals surface area contributed by atoms with Crippen molar-refractivity contribution < 1.29 is 0 Å². The number of aryl methyl sites for hydroxylation is 2. The highest BCUT2D eigenvalue weighted by molar-refractivity contribution is 7.08. The van der Waals surface area contributed by atoms with Crippen molar-refractivity contribution in [1.82, 2.24) is 15.5 Å². The minimum Gasteiger partial charge on any atom is -0.308 e. The van der Waals surface area contributed by atoms with E-state index in [2.05, 4.69) is 33.2 Å². The van der Waals surface area contributed by atoms with Gasteiger partial charge < -0.3 is 5.32 Å². The van der Waals surface area contributed by atoms with Gasteiger partial charge in [-0.3, -0.25) is 5.10 Å². The second kappa shape index (κ2) is 4.59. The van der Waals surface area contributed by atoms with Gasteiger partial charge in [-0.25, -0.2) is 0 Å². The van der Waals surface area contributed by atoms with Crippen LogP contribution in [0.3, 0.4) is 0 Å². The van der Waals surface area contributed by atoms with Crippen molar-refractivity contribution in [3.05, 3.63) is 39.3 Å². The number of rotatable bonds is 4. The van der Waals surface area contributed by atoms with Gasteiger partial charge in [-0.2, -0.15) is 16.4 Å². The van der Waals surface area contributed by atoms with Crippen molar-refractivity contribution in [3.63, 3.8) is 0 Å². The van der Waals surface area contributed by atoms with E-state index >= 15 is 0 Å². The van der Waals surface area contributed by atoms with Crippen LogP contribution < -0.4 is 5.32 Å². The Hall–Kier alpha value is -1.13. The van der Waals surface area contributed by atoms with Gasteiger partial charge in [0.2, 0.25) is 0 Å². The molecule has 2 aromatic rings. The van der Waals surface area contributed by atoms with Crippen LogP contribution in [0.25, 0.3) is 0 Å². The Morgan fingerprint density at radius 1 is 1.27 bits per heavy atom. The zero-order chi connectivity index (χ0) is 10.7. The van der Waals surface area contributed by atoms with E-state index in [4.69, 9.17) is 0 Å². The molecular formula is C11H15N3S. The number of hydrogen-bond donors (Lipinski definition) is 2. The lowest BCUT2D eigenvalue weighted by Gasteiger charge is -2.03. The summed E-state index contributed by atoms with van der Waals surface area (Å²) in [5, 5.41) is 14.7. The summed E-state index contributed by atoms with van der Waals surface area (Å²) in [6.45, 7) is 5.99. The molecule has 80 valence electrons. The Balaban J connectivity index is 1.86. The van der Waals surface area contributed by atoms with Crippen molar-refractivity contribution in [2.75, 3.05) is 0 Å². The Morgan fingerprint density at radius 2 is 2.07 bits per heavy atom. The zero-order valence-corrected chi connectivity index (χ0v) is 9.82. The number of nitrogens with one attached hydrogen (secondary N) is 2. The summed E-state index contributed by atoms with van der Waals surface area (Å²) in [6, 6.07) is 0. The second-order valence-electron chi connectivity index (χ2n) is 3.70. The van der Waals surface area contributed by atoms with Gasteiger partial charge in [0.15, 0.2) is 0 Å². The maximum absolute atomic E-state index is 3.99. The van der Waals surface area contributed by atoms with Crippen LogP contribution in [0.4, 0.5) is 0 Å². The third-order valence-corrected chi connectivity index (χ3v) is 3.44. The van der Waals surface area contributed by atoms with E-state index in [-0.39, 0.29) is 0 Å². The third-order valence-electron chi connectivity index (χ3n) is 2.53. The van der Waals surface area contributed by atoms with Gasteiger partial charge in [0, 0.05) is 24.3 Å². The average Bonchev–Trinajstić information content (AvgIpc) is 2.78. The molecule has 15 heavy (non-hydrogen) atoms. The minimum absolute atomic E-state index is 0.873. The fraction of sp³-hybridized carbons (Fsp3) is 0.364. The van der Waals surface area contributed by atoms with Gasteiger partial charge in [0.05, 0.1) is 6.20 Å². The topological polar surface area (TPSA) is 40.7 Å². The normalized spacial score (nSPS) is 10.8. The minimum atomic E-state index is 0.873. The number of aromatic nitrogens is 2. The fourth-order valence-corrected chi connectivity index (χ4v) is 2.31. The van der Waals surface area contributed by atoms with Gasteiger partial charge in [-0.1, -0.05) is 0 Å². The predicted octanol–water partition coefficient (Wildman–Crippen LogP) is 2.38. The largest absolute Gasteiger partial charge is 0.308 e. The van der Waals surface area contributed by atoms with Crippen molar-refractivity contribution in [2.45, 2.75) is 26.9 Å². The molecule has 4 heteroatoms. The molecule has 0 saturated carbocycles. The summed E-state index contributed by atoms with van der Waals surface area (Å²) in [7, 11) is 0. The Morgan fingerprint density at radius 3 is 2.67 bits per heavy atom. The first-order chi connectivity index (χ1) is 7.27. The van der Waals surface area contributed by atoms with Crippen molar-refractivity contribution in [2.24, 2.45) is 0 Å². The summed E-state index contributed by atoms with van der Waals surface area (Å²) in [5.41, 5.74) is 5.14. The van der Waals surface area contributed by atoms with Crippen LogP contribution in [-0.2, 0) is 13.1 Å². The average molecular weight is 221 g/mol. The van der Waals surface area contributed by atoms with Gasteiger partial charge in [-0.05, 0) is 35.7 Å². The van der Waals surface area contributed by atoms with Crippen LogP contribution in [0.5, 0.6) is 0 Å². The molecule has 0 aliphatic rings. The molecular weight excluding hydrogens is 206 g/mol. The lowest BCUT2D eigenvalue weighted by molar-refractivity contribution is 0.690. The van der Waals surface area contributed by atoms with E-state index in [1.807, 2.05) is 13.1 Å². The molecule has 0 amide bonds. The van der Waals surface area contributed by atoms with E-state index in [0.29, 0.717) is 0 Å². The number of hydrogen-bond acceptors (Lipinski definition) is 3. The molecule has 0 saturated heterocycles. The molecule has 3 nitrogen and oxygen atoms in total. The quantitative estimate of drug-likeness (QED) is 0.832. The number of nitrogens with zero attached hydrogens (tertiary/aromatic N) is 1.